The number of rotatable bonds is 7. The lowest BCUT2D eigenvalue weighted by Crippen LogP contribution is -2.17. The minimum atomic E-state index is -0.200. The van der Waals surface area contributed by atoms with E-state index in [1.165, 1.54) is 77.5 Å². The van der Waals surface area contributed by atoms with Gasteiger partial charge in [0.05, 0.1) is 11.4 Å². The Morgan fingerprint density at radius 2 is 0.875 bits per heavy atom. The van der Waals surface area contributed by atoms with Crippen molar-refractivity contribution in [2.75, 3.05) is 4.90 Å². The maximum absolute atomic E-state index is 2.50. The van der Waals surface area contributed by atoms with Crippen molar-refractivity contribution >= 4 is 27.8 Å². The maximum atomic E-state index is 2.50. The molecule has 266 valence electrons. The fourth-order valence-electron chi connectivity index (χ4n) is 9.02. The molecule has 1 heteroatoms. The van der Waals surface area contributed by atoms with Crippen LogP contribution in [0.3, 0.4) is 0 Å². The molecule has 0 radical (unpaired) electrons. The van der Waals surface area contributed by atoms with Crippen LogP contribution in [-0.2, 0) is 5.41 Å². The van der Waals surface area contributed by atoms with Crippen LogP contribution in [0.4, 0.5) is 17.1 Å². The highest BCUT2D eigenvalue weighted by molar-refractivity contribution is 6.07. The highest BCUT2D eigenvalue weighted by atomic mass is 15.1. The molecule has 0 amide bonds. The lowest BCUT2D eigenvalue weighted by atomic mass is 9.81. The Morgan fingerprint density at radius 3 is 1.59 bits per heavy atom. The number of fused-ring (bicyclic) bond motifs is 4. The normalized spacial score (nSPS) is 12.6. The van der Waals surface area contributed by atoms with Gasteiger partial charge in [0.15, 0.2) is 0 Å². The van der Waals surface area contributed by atoms with Crippen LogP contribution in [0.5, 0.6) is 0 Å². The van der Waals surface area contributed by atoms with E-state index in [9.17, 15) is 0 Å². The molecule has 0 N–H and O–H groups in total. The van der Waals surface area contributed by atoms with E-state index < -0.39 is 0 Å². The molecule has 56 heavy (non-hydrogen) atoms. The van der Waals surface area contributed by atoms with E-state index in [4.69, 9.17) is 0 Å². The molecule has 0 bridgehead atoms. The lowest BCUT2D eigenvalue weighted by molar-refractivity contribution is 0.660. The molecule has 0 atom stereocenters. The lowest BCUT2D eigenvalue weighted by Gasteiger charge is -2.31. The molecule has 1 aliphatic carbocycles. The molecule has 0 heterocycles. The van der Waals surface area contributed by atoms with Gasteiger partial charge in [0, 0.05) is 22.2 Å². The van der Waals surface area contributed by atoms with Crippen molar-refractivity contribution in [3.63, 3.8) is 0 Å². The third kappa shape index (κ3) is 5.55. The summed E-state index contributed by atoms with van der Waals surface area (Å²) in [5, 5.41) is 2.47. The van der Waals surface area contributed by atoms with Gasteiger partial charge in [-0.05, 0) is 90.7 Å². The van der Waals surface area contributed by atoms with Gasteiger partial charge in [0.2, 0.25) is 0 Å². The predicted octanol–water partition coefficient (Wildman–Crippen LogP) is 15.3. The van der Waals surface area contributed by atoms with E-state index in [2.05, 4.69) is 231 Å². The first-order valence-electron chi connectivity index (χ1n) is 19.5. The number of nitrogens with zero attached hydrogens (tertiary/aromatic N) is 1. The second kappa shape index (κ2) is 13.7. The summed E-state index contributed by atoms with van der Waals surface area (Å²) in [5.74, 6) is 0. The molecular formula is C55H41N. The van der Waals surface area contributed by atoms with Crippen LogP contribution < -0.4 is 4.90 Å². The zero-order valence-electron chi connectivity index (χ0n) is 31.7. The van der Waals surface area contributed by atoms with E-state index in [0.717, 1.165) is 17.1 Å². The van der Waals surface area contributed by atoms with Gasteiger partial charge >= 0.3 is 0 Å². The average molecular weight is 716 g/mol. The van der Waals surface area contributed by atoms with Gasteiger partial charge in [0.1, 0.15) is 0 Å². The summed E-state index contributed by atoms with van der Waals surface area (Å²) in [5.41, 5.74) is 18.2. The molecule has 0 aromatic heterocycles. The van der Waals surface area contributed by atoms with Gasteiger partial charge in [0.25, 0.3) is 0 Å². The number of anilines is 3. The van der Waals surface area contributed by atoms with Crippen LogP contribution in [0.1, 0.15) is 25.0 Å². The third-order valence-electron chi connectivity index (χ3n) is 11.7. The highest BCUT2D eigenvalue weighted by Gasteiger charge is 2.38. The van der Waals surface area contributed by atoms with E-state index >= 15 is 0 Å². The molecule has 1 nitrogen and oxygen atoms in total. The molecule has 0 spiro atoms. The van der Waals surface area contributed by atoms with Crippen molar-refractivity contribution < 1.29 is 0 Å². The average Bonchev–Trinajstić information content (AvgIpc) is 3.50. The number of benzene rings is 9. The molecule has 9 aromatic carbocycles. The fraction of sp³-hybridized carbons (Fsp3) is 0.0545. The second-order valence-electron chi connectivity index (χ2n) is 15.3. The van der Waals surface area contributed by atoms with Crippen molar-refractivity contribution in [3.05, 3.63) is 223 Å². The summed E-state index contributed by atoms with van der Waals surface area (Å²) < 4.78 is 0. The number of para-hydroxylation sites is 2. The topological polar surface area (TPSA) is 3.24 Å². The first-order valence-corrected chi connectivity index (χ1v) is 19.5. The summed E-state index contributed by atoms with van der Waals surface area (Å²) >= 11 is 0. The maximum Gasteiger partial charge on any atom is 0.0540 e. The number of hydrogen-bond donors (Lipinski definition) is 0. The van der Waals surface area contributed by atoms with Crippen LogP contribution in [0.15, 0.2) is 212 Å². The molecule has 0 saturated carbocycles. The Labute approximate surface area is 329 Å². The molecular weight excluding hydrogens is 675 g/mol. The Balaban J connectivity index is 1.24. The van der Waals surface area contributed by atoms with E-state index in [0.29, 0.717) is 0 Å². The van der Waals surface area contributed by atoms with Gasteiger partial charge < -0.3 is 4.90 Å². The minimum absolute atomic E-state index is 0.200. The Bertz CT molecular complexity index is 2870. The first-order chi connectivity index (χ1) is 27.6. The highest BCUT2D eigenvalue weighted by Crippen LogP contribution is 2.55. The molecule has 10 rings (SSSR count). The van der Waals surface area contributed by atoms with E-state index in [1.54, 1.807) is 0 Å². The SMILES string of the molecule is CC1(C)c2cc(N(c3ccccc3-c3ccccc3)c3ccccc3-c3ccc4ccccc4c3-c3ccccc3)ccc2-c2c(-c3ccccc3)cccc21. The van der Waals surface area contributed by atoms with Crippen molar-refractivity contribution in [2.24, 2.45) is 0 Å². The summed E-state index contributed by atoms with van der Waals surface area (Å²) in [4.78, 5) is 2.50. The Morgan fingerprint density at radius 1 is 0.339 bits per heavy atom. The molecule has 0 aliphatic heterocycles. The molecule has 1 aliphatic rings. The van der Waals surface area contributed by atoms with Crippen molar-refractivity contribution in [1.82, 2.24) is 0 Å². The number of hydrogen-bond acceptors (Lipinski definition) is 1. The van der Waals surface area contributed by atoms with Gasteiger partial charge in [-0.3, -0.25) is 0 Å². The quantitative estimate of drug-likeness (QED) is 0.159. The van der Waals surface area contributed by atoms with Gasteiger partial charge in [-0.1, -0.05) is 202 Å². The minimum Gasteiger partial charge on any atom is -0.309 e. The van der Waals surface area contributed by atoms with E-state index in [1.807, 2.05) is 0 Å². The van der Waals surface area contributed by atoms with E-state index in [-0.39, 0.29) is 5.41 Å². The Hall–Kier alpha value is -6.96. The first kappa shape index (κ1) is 33.6. The molecule has 0 unspecified atom stereocenters. The second-order valence-corrected chi connectivity index (χ2v) is 15.3. The predicted molar refractivity (Wildman–Crippen MR) is 238 cm³/mol. The molecule has 9 aromatic rings. The van der Waals surface area contributed by atoms with Crippen molar-refractivity contribution in [1.29, 1.82) is 0 Å². The van der Waals surface area contributed by atoms with Gasteiger partial charge in [-0.25, -0.2) is 0 Å². The Kier molecular flexibility index (Phi) is 8.23. The van der Waals surface area contributed by atoms with Gasteiger partial charge in [-0.15, -0.1) is 0 Å². The summed E-state index contributed by atoms with van der Waals surface area (Å²) in [6.45, 7) is 4.77. The summed E-state index contributed by atoms with van der Waals surface area (Å²) in [6.07, 6.45) is 0. The van der Waals surface area contributed by atoms with Crippen LogP contribution in [-0.4, -0.2) is 0 Å². The van der Waals surface area contributed by atoms with Crippen molar-refractivity contribution in [2.45, 2.75) is 19.3 Å². The van der Waals surface area contributed by atoms with Gasteiger partial charge in [-0.2, -0.15) is 0 Å². The standard InChI is InChI=1S/C55H41N/c1-55(2)49-30-18-29-45(39-21-8-4-9-22-39)54(49)48-36-34-42(37-50(48)55)56(51-31-16-14-26-43(51)38-19-6-3-7-20-38)52-32-17-15-28-46(52)47-35-33-40-23-12-13-27-44(40)53(47)41-24-10-5-11-25-41/h3-37H,1-2H3. The molecule has 0 fully saturated rings. The van der Waals surface area contributed by atoms with Crippen LogP contribution in [0, 0.1) is 0 Å². The summed E-state index contributed by atoms with van der Waals surface area (Å²) in [6, 6.07) is 77.6. The van der Waals surface area contributed by atoms with Crippen molar-refractivity contribution in [3.8, 4) is 55.6 Å². The van der Waals surface area contributed by atoms with Crippen LogP contribution in [0.25, 0.3) is 66.4 Å². The monoisotopic (exact) mass is 715 g/mol. The zero-order chi connectivity index (χ0) is 37.6. The van der Waals surface area contributed by atoms with Crippen LogP contribution >= 0.6 is 0 Å². The largest absolute Gasteiger partial charge is 0.309 e. The third-order valence-corrected chi connectivity index (χ3v) is 11.7. The zero-order valence-corrected chi connectivity index (χ0v) is 31.7. The van der Waals surface area contributed by atoms with Crippen LogP contribution in [0.2, 0.25) is 0 Å². The fourth-order valence-corrected chi connectivity index (χ4v) is 9.02. The molecule has 0 saturated heterocycles. The summed E-state index contributed by atoms with van der Waals surface area (Å²) in [7, 11) is 0. The smallest absolute Gasteiger partial charge is 0.0540 e.